The van der Waals surface area contributed by atoms with Crippen LogP contribution in [0, 0.1) is 0 Å². The summed E-state index contributed by atoms with van der Waals surface area (Å²) in [5.74, 6) is -0.824. The quantitative estimate of drug-likeness (QED) is 0.0264. The van der Waals surface area contributed by atoms with Crippen molar-refractivity contribution in [3.8, 4) is 0 Å². The zero-order valence-electron chi connectivity index (χ0n) is 43.1. The summed E-state index contributed by atoms with van der Waals surface area (Å²) in [5.41, 5.74) is 5.37. The Bertz CT molecular complexity index is 1320. The van der Waals surface area contributed by atoms with Gasteiger partial charge in [0.05, 0.1) is 13.2 Å². The molecule has 0 aliphatic heterocycles. The Hall–Kier alpha value is -2.55. The van der Waals surface area contributed by atoms with Gasteiger partial charge < -0.3 is 20.1 Å². The number of hydrogen-bond acceptors (Lipinski definition) is 8. The Labute approximate surface area is 411 Å². The predicted molar refractivity (Wildman–Crippen MR) is 284 cm³/mol. The van der Waals surface area contributed by atoms with Crippen molar-refractivity contribution in [3.05, 3.63) is 72.9 Å². The van der Waals surface area contributed by atoms with Crippen molar-refractivity contribution in [2.75, 3.05) is 26.4 Å². The molecule has 0 heterocycles. The molecule has 0 amide bonds. The van der Waals surface area contributed by atoms with Crippen LogP contribution in [0.25, 0.3) is 0 Å². The van der Waals surface area contributed by atoms with Crippen LogP contribution >= 0.6 is 7.82 Å². The van der Waals surface area contributed by atoms with Gasteiger partial charge >= 0.3 is 19.8 Å². The Morgan fingerprint density at radius 2 is 0.821 bits per heavy atom. The van der Waals surface area contributed by atoms with E-state index >= 15 is 0 Å². The van der Waals surface area contributed by atoms with Gasteiger partial charge in [0.15, 0.2) is 6.10 Å². The lowest BCUT2D eigenvalue weighted by Crippen LogP contribution is -2.29. The van der Waals surface area contributed by atoms with Crippen LogP contribution in [0.3, 0.4) is 0 Å². The van der Waals surface area contributed by atoms with Gasteiger partial charge in [-0.15, -0.1) is 0 Å². The third-order valence-corrected chi connectivity index (χ3v) is 12.6. The van der Waals surface area contributed by atoms with Crippen LogP contribution in [-0.2, 0) is 32.7 Å². The molecule has 0 radical (unpaired) electrons. The number of ether oxygens (including phenoxy) is 2. The summed E-state index contributed by atoms with van der Waals surface area (Å²) < 4.78 is 33.0. The molecule has 0 spiro atoms. The SMILES string of the molecule is CC/C=C\C/C=C\C/C=C\C/C=C\C/C=C\C/C=C\CCCCCCCCCCCCCCC(=O)OC(COC(=O)CCCCCCCCCCCCCCCCC)COP(=O)(O)OCCN. The Kier molecular flexibility index (Phi) is 50.8. The average molecular weight is 960 g/mol. The van der Waals surface area contributed by atoms with Crippen LogP contribution in [0.1, 0.15) is 245 Å². The standard InChI is InChI=1S/C57H102NO8P/c1-3-5-7-9-11-13-15-17-19-20-21-22-23-24-25-26-27-28-29-30-31-32-33-34-36-38-40-42-44-46-48-50-57(60)66-55(54-65-67(61,62)64-52-51-58)53-63-56(59)49-47-45-43-41-39-37-35-18-16-14-12-10-8-6-4-2/h5,7,11,13,17,19,21-22,24-25,27-28,55H,3-4,6,8-10,12,14-16,18,20,23,26,29-54,58H2,1-2H3,(H,61,62)/b7-5-,13-11-,19-17-,22-21-,25-24-,28-27-. The number of carbonyl (C=O) groups is 2. The molecule has 0 rings (SSSR count). The molecule has 67 heavy (non-hydrogen) atoms. The molecule has 9 nitrogen and oxygen atoms in total. The maximum atomic E-state index is 12.7. The molecular formula is C57H102NO8P. The van der Waals surface area contributed by atoms with E-state index in [0.29, 0.717) is 6.42 Å². The molecule has 0 saturated heterocycles. The van der Waals surface area contributed by atoms with E-state index in [4.69, 9.17) is 24.3 Å². The van der Waals surface area contributed by atoms with Gasteiger partial charge in [-0.25, -0.2) is 4.57 Å². The first-order valence-electron chi connectivity index (χ1n) is 27.4. The topological polar surface area (TPSA) is 134 Å². The van der Waals surface area contributed by atoms with E-state index in [1.54, 1.807) is 0 Å². The van der Waals surface area contributed by atoms with Crippen LogP contribution in [0.15, 0.2) is 72.9 Å². The highest BCUT2D eigenvalue weighted by molar-refractivity contribution is 7.47. The molecule has 0 aliphatic carbocycles. The van der Waals surface area contributed by atoms with Crippen LogP contribution < -0.4 is 5.73 Å². The molecule has 0 aromatic rings. The molecule has 0 fully saturated rings. The summed E-state index contributed by atoms with van der Waals surface area (Å²) in [4.78, 5) is 35.1. The maximum absolute atomic E-state index is 12.7. The van der Waals surface area contributed by atoms with Crippen molar-refractivity contribution in [1.82, 2.24) is 0 Å². The minimum absolute atomic E-state index is 0.0521. The first-order valence-corrected chi connectivity index (χ1v) is 28.9. The third-order valence-electron chi connectivity index (χ3n) is 11.6. The van der Waals surface area contributed by atoms with E-state index in [-0.39, 0.29) is 38.6 Å². The molecular weight excluding hydrogens is 858 g/mol. The second-order valence-corrected chi connectivity index (χ2v) is 19.5. The number of hydrogen-bond donors (Lipinski definition) is 2. The Balaban J connectivity index is 3.97. The number of phosphoric ester groups is 1. The lowest BCUT2D eigenvalue weighted by molar-refractivity contribution is -0.161. The number of esters is 2. The second-order valence-electron chi connectivity index (χ2n) is 18.1. The highest BCUT2D eigenvalue weighted by Crippen LogP contribution is 2.43. The van der Waals surface area contributed by atoms with Gasteiger partial charge in [0, 0.05) is 19.4 Å². The zero-order chi connectivity index (χ0) is 48.8. The first-order chi connectivity index (χ1) is 32.8. The molecule has 2 unspecified atom stereocenters. The largest absolute Gasteiger partial charge is 0.472 e. The van der Waals surface area contributed by atoms with E-state index in [2.05, 4.69) is 86.8 Å². The highest BCUT2D eigenvalue weighted by atomic mass is 31.2. The zero-order valence-corrected chi connectivity index (χ0v) is 44.0. The molecule has 10 heteroatoms. The Morgan fingerprint density at radius 3 is 1.22 bits per heavy atom. The summed E-state index contributed by atoms with van der Waals surface area (Å²) in [6.07, 6.45) is 66.6. The summed E-state index contributed by atoms with van der Waals surface area (Å²) in [5, 5.41) is 0. The molecule has 2 atom stereocenters. The van der Waals surface area contributed by atoms with Crippen molar-refractivity contribution < 1.29 is 37.6 Å². The van der Waals surface area contributed by atoms with Crippen molar-refractivity contribution in [3.63, 3.8) is 0 Å². The van der Waals surface area contributed by atoms with Crippen molar-refractivity contribution >= 4 is 19.8 Å². The highest BCUT2D eigenvalue weighted by Gasteiger charge is 2.26. The van der Waals surface area contributed by atoms with Crippen LogP contribution in [-0.4, -0.2) is 49.3 Å². The number of rotatable bonds is 51. The fourth-order valence-electron chi connectivity index (χ4n) is 7.58. The van der Waals surface area contributed by atoms with Gasteiger partial charge in [-0.2, -0.15) is 0 Å². The van der Waals surface area contributed by atoms with Crippen molar-refractivity contribution in [2.45, 2.75) is 251 Å². The van der Waals surface area contributed by atoms with E-state index in [1.165, 1.54) is 135 Å². The molecule has 0 saturated carbocycles. The summed E-state index contributed by atoms with van der Waals surface area (Å²) in [6, 6.07) is 0. The number of carbonyl (C=O) groups excluding carboxylic acids is 2. The van der Waals surface area contributed by atoms with Crippen molar-refractivity contribution in [2.24, 2.45) is 5.73 Å². The van der Waals surface area contributed by atoms with Gasteiger partial charge in [-0.3, -0.25) is 18.6 Å². The minimum Gasteiger partial charge on any atom is -0.462 e. The first kappa shape index (κ1) is 64.5. The van der Waals surface area contributed by atoms with Gasteiger partial charge in [-0.1, -0.05) is 241 Å². The Morgan fingerprint density at radius 1 is 0.463 bits per heavy atom. The molecule has 388 valence electrons. The summed E-state index contributed by atoms with van der Waals surface area (Å²) in [7, 11) is -4.38. The predicted octanol–water partition coefficient (Wildman–Crippen LogP) is 17.0. The lowest BCUT2D eigenvalue weighted by Gasteiger charge is -2.19. The van der Waals surface area contributed by atoms with Crippen LogP contribution in [0.4, 0.5) is 0 Å². The van der Waals surface area contributed by atoms with Gasteiger partial charge in [0.25, 0.3) is 0 Å². The van der Waals surface area contributed by atoms with E-state index in [9.17, 15) is 19.0 Å². The molecule has 0 aromatic carbocycles. The maximum Gasteiger partial charge on any atom is 0.472 e. The van der Waals surface area contributed by atoms with Gasteiger partial charge in [-0.05, 0) is 64.2 Å². The van der Waals surface area contributed by atoms with Crippen molar-refractivity contribution in [1.29, 1.82) is 0 Å². The van der Waals surface area contributed by atoms with Gasteiger partial charge in [0.1, 0.15) is 6.61 Å². The number of unbranched alkanes of at least 4 members (excludes halogenated alkanes) is 26. The lowest BCUT2D eigenvalue weighted by atomic mass is 10.0. The smallest absolute Gasteiger partial charge is 0.462 e. The fraction of sp³-hybridized carbons (Fsp3) is 0.754. The summed E-state index contributed by atoms with van der Waals surface area (Å²) in [6.45, 7) is 3.64. The van der Waals surface area contributed by atoms with Gasteiger partial charge in [0.2, 0.25) is 0 Å². The van der Waals surface area contributed by atoms with E-state index in [1.807, 2.05) is 0 Å². The minimum atomic E-state index is -4.38. The second kappa shape index (κ2) is 52.8. The monoisotopic (exact) mass is 960 g/mol. The van der Waals surface area contributed by atoms with E-state index in [0.717, 1.165) is 77.0 Å². The van der Waals surface area contributed by atoms with Crippen LogP contribution in [0.5, 0.6) is 0 Å². The molecule has 3 N–H and O–H groups in total. The van der Waals surface area contributed by atoms with Crippen LogP contribution in [0.2, 0.25) is 0 Å². The summed E-state index contributed by atoms with van der Waals surface area (Å²) >= 11 is 0. The number of allylic oxidation sites excluding steroid dienone is 12. The third kappa shape index (κ3) is 52.7. The number of phosphoric acid groups is 1. The molecule has 0 aliphatic rings. The van der Waals surface area contributed by atoms with E-state index < -0.39 is 26.5 Å². The fourth-order valence-corrected chi connectivity index (χ4v) is 8.35. The normalized spacial score (nSPS) is 13.7. The number of nitrogens with two attached hydrogens (primary N) is 1. The average Bonchev–Trinajstić information content (AvgIpc) is 3.32. The molecule has 0 bridgehead atoms. The molecule has 0 aromatic heterocycles.